The molecule has 3 rings (SSSR count). The highest BCUT2D eigenvalue weighted by atomic mass is 32.2. The molecule has 1 saturated carbocycles. The number of hydrogen-bond donors (Lipinski definition) is 0. The van der Waals surface area contributed by atoms with E-state index in [1.807, 2.05) is 4.90 Å². The van der Waals surface area contributed by atoms with E-state index in [0.717, 1.165) is 13.1 Å². The first-order valence-electron chi connectivity index (χ1n) is 7.32. The van der Waals surface area contributed by atoms with E-state index in [1.54, 1.807) is 16.7 Å². The second kappa shape index (κ2) is 5.35. The van der Waals surface area contributed by atoms with Gasteiger partial charge in [0.25, 0.3) is 0 Å². The standard InChI is InChI=1S/C14H22N2O2S/c17-12(8-16-11-19-9-13(16)18)15-7-6-14(10-15)4-2-1-3-5-14/h1-11H2. The summed E-state index contributed by atoms with van der Waals surface area (Å²) in [6.07, 6.45) is 7.74. The molecule has 3 aliphatic rings. The van der Waals surface area contributed by atoms with Gasteiger partial charge in [-0.3, -0.25) is 9.59 Å². The van der Waals surface area contributed by atoms with Crippen molar-refractivity contribution in [3.63, 3.8) is 0 Å². The molecular weight excluding hydrogens is 260 g/mol. The molecule has 19 heavy (non-hydrogen) atoms. The Morgan fingerprint density at radius 2 is 2.00 bits per heavy atom. The summed E-state index contributed by atoms with van der Waals surface area (Å²) in [4.78, 5) is 27.5. The van der Waals surface area contributed by atoms with Crippen LogP contribution in [0.4, 0.5) is 0 Å². The molecule has 0 atom stereocenters. The fourth-order valence-electron chi connectivity index (χ4n) is 3.66. The number of carbonyl (C=O) groups excluding carboxylic acids is 2. The van der Waals surface area contributed by atoms with E-state index in [-0.39, 0.29) is 11.8 Å². The van der Waals surface area contributed by atoms with E-state index < -0.39 is 0 Å². The lowest BCUT2D eigenvalue weighted by atomic mass is 9.73. The van der Waals surface area contributed by atoms with Crippen molar-refractivity contribution in [3.8, 4) is 0 Å². The molecule has 1 spiro atoms. The summed E-state index contributed by atoms with van der Waals surface area (Å²) in [6.45, 7) is 2.12. The molecule has 0 unspecified atom stereocenters. The topological polar surface area (TPSA) is 40.6 Å². The van der Waals surface area contributed by atoms with Crippen LogP contribution in [0, 0.1) is 5.41 Å². The lowest BCUT2D eigenvalue weighted by Gasteiger charge is -2.33. The van der Waals surface area contributed by atoms with Crippen molar-refractivity contribution in [2.24, 2.45) is 5.41 Å². The van der Waals surface area contributed by atoms with E-state index in [2.05, 4.69) is 0 Å². The van der Waals surface area contributed by atoms with Crippen molar-refractivity contribution >= 4 is 23.6 Å². The SMILES string of the molecule is O=C1CSCN1CC(=O)N1CCC2(CCCCC2)C1. The molecule has 0 aromatic rings. The maximum absolute atomic E-state index is 12.3. The summed E-state index contributed by atoms with van der Waals surface area (Å²) in [6, 6.07) is 0. The molecular formula is C14H22N2O2S. The van der Waals surface area contributed by atoms with Crippen molar-refractivity contribution in [2.45, 2.75) is 38.5 Å². The molecule has 0 radical (unpaired) electrons. The van der Waals surface area contributed by atoms with Crippen LogP contribution < -0.4 is 0 Å². The van der Waals surface area contributed by atoms with Crippen LogP contribution in [0.25, 0.3) is 0 Å². The van der Waals surface area contributed by atoms with Gasteiger partial charge in [0.15, 0.2) is 0 Å². The number of hydrogen-bond acceptors (Lipinski definition) is 3. The maximum atomic E-state index is 12.3. The minimum absolute atomic E-state index is 0.116. The molecule has 2 amide bonds. The molecule has 106 valence electrons. The summed E-state index contributed by atoms with van der Waals surface area (Å²) >= 11 is 1.60. The smallest absolute Gasteiger partial charge is 0.242 e. The zero-order valence-electron chi connectivity index (χ0n) is 11.4. The second-order valence-corrected chi connectivity index (χ2v) is 7.15. The summed E-state index contributed by atoms with van der Waals surface area (Å²) < 4.78 is 0. The van der Waals surface area contributed by atoms with Gasteiger partial charge in [-0.15, -0.1) is 11.8 Å². The first-order valence-corrected chi connectivity index (χ1v) is 8.47. The zero-order valence-corrected chi connectivity index (χ0v) is 12.2. The van der Waals surface area contributed by atoms with Gasteiger partial charge in [0, 0.05) is 13.1 Å². The number of amides is 2. The van der Waals surface area contributed by atoms with Crippen molar-refractivity contribution in [2.75, 3.05) is 31.3 Å². The number of rotatable bonds is 2. The third kappa shape index (κ3) is 2.76. The van der Waals surface area contributed by atoms with Crippen molar-refractivity contribution in [3.05, 3.63) is 0 Å². The van der Waals surface area contributed by atoms with Gasteiger partial charge in [-0.05, 0) is 24.7 Å². The highest BCUT2D eigenvalue weighted by Gasteiger charge is 2.40. The highest BCUT2D eigenvalue weighted by Crippen LogP contribution is 2.43. The normalized spacial score (nSPS) is 26.4. The molecule has 4 nitrogen and oxygen atoms in total. The van der Waals surface area contributed by atoms with E-state index >= 15 is 0 Å². The summed E-state index contributed by atoms with van der Waals surface area (Å²) in [5.41, 5.74) is 0.414. The van der Waals surface area contributed by atoms with Gasteiger partial charge in [-0.1, -0.05) is 19.3 Å². The molecule has 5 heteroatoms. The third-order valence-electron chi connectivity index (χ3n) is 4.86. The van der Waals surface area contributed by atoms with Crippen LogP contribution in [-0.4, -0.2) is 52.9 Å². The van der Waals surface area contributed by atoms with Crippen LogP contribution in [0.3, 0.4) is 0 Å². The third-order valence-corrected chi connectivity index (χ3v) is 5.80. The minimum atomic E-state index is 0.116. The average Bonchev–Trinajstić information content (AvgIpc) is 2.99. The zero-order chi connectivity index (χ0) is 13.3. The summed E-state index contributed by atoms with van der Waals surface area (Å²) in [5, 5.41) is 0. The van der Waals surface area contributed by atoms with Gasteiger partial charge in [0.2, 0.25) is 11.8 Å². The lowest BCUT2D eigenvalue weighted by molar-refractivity contribution is -0.137. The van der Waals surface area contributed by atoms with Gasteiger partial charge in [0.05, 0.1) is 11.6 Å². The predicted molar refractivity (Wildman–Crippen MR) is 75.8 cm³/mol. The van der Waals surface area contributed by atoms with E-state index in [9.17, 15) is 9.59 Å². The number of carbonyl (C=O) groups is 2. The van der Waals surface area contributed by atoms with E-state index in [4.69, 9.17) is 0 Å². The average molecular weight is 282 g/mol. The fourth-order valence-corrected chi connectivity index (χ4v) is 4.57. The molecule has 0 N–H and O–H groups in total. The van der Waals surface area contributed by atoms with Gasteiger partial charge in [0.1, 0.15) is 6.54 Å². The molecule has 2 aliphatic heterocycles. The maximum Gasteiger partial charge on any atom is 0.242 e. The molecule has 2 saturated heterocycles. The molecule has 0 aromatic heterocycles. The van der Waals surface area contributed by atoms with Crippen LogP contribution >= 0.6 is 11.8 Å². The molecule has 0 bridgehead atoms. The lowest BCUT2D eigenvalue weighted by Crippen LogP contribution is -2.41. The Labute approximate surface area is 118 Å². The first kappa shape index (κ1) is 13.3. The number of likely N-dealkylation sites (tertiary alicyclic amines) is 1. The molecule has 2 heterocycles. The Kier molecular flexibility index (Phi) is 3.74. The first-order chi connectivity index (χ1) is 9.19. The van der Waals surface area contributed by atoms with Crippen LogP contribution in [0.5, 0.6) is 0 Å². The Morgan fingerprint density at radius 3 is 2.68 bits per heavy atom. The predicted octanol–water partition coefficient (Wildman–Crippen LogP) is 1.70. The van der Waals surface area contributed by atoms with E-state index in [0.29, 0.717) is 23.6 Å². The Morgan fingerprint density at radius 1 is 1.21 bits per heavy atom. The van der Waals surface area contributed by atoms with Crippen molar-refractivity contribution < 1.29 is 9.59 Å². The minimum Gasteiger partial charge on any atom is -0.341 e. The van der Waals surface area contributed by atoms with Crippen LogP contribution in [0.2, 0.25) is 0 Å². The molecule has 3 fully saturated rings. The van der Waals surface area contributed by atoms with Gasteiger partial charge >= 0.3 is 0 Å². The fraction of sp³-hybridized carbons (Fsp3) is 0.857. The Balaban J connectivity index is 1.55. The van der Waals surface area contributed by atoms with Gasteiger partial charge in [-0.2, -0.15) is 0 Å². The molecule has 0 aromatic carbocycles. The highest BCUT2D eigenvalue weighted by molar-refractivity contribution is 8.00. The quantitative estimate of drug-likeness (QED) is 0.774. The Bertz CT molecular complexity index is 380. The Hall–Kier alpha value is -0.710. The van der Waals surface area contributed by atoms with Crippen LogP contribution in [0.15, 0.2) is 0 Å². The summed E-state index contributed by atoms with van der Waals surface area (Å²) in [5.74, 6) is 1.49. The molecule has 1 aliphatic carbocycles. The summed E-state index contributed by atoms with van der Waals surface area (Å²) in [7, 11) is 0. The number of thioether (sulfide) groups is 1. The largest absolute Gasteiger partial charge is 0.341 e. The van der Waals surface area contributed by atoms with Crippen molar-refractivity contribution in [1.82, 2.24) is 9.80 Å². The van der Waals surface area contributed by atoms with Crippen LogP contribution in [-0.2, 0) is 9.59 Å². The van der Waals surface area contributed by atoms with Gasteiger partial charge < -0.3 is 9.80 Å². The van der Waals surface area contributed by atoms with Crippen LogP contribution in [0.1, 0.15) is 38.5 Å². The van der Waals surface area contributed by atoms with E-state index in [1.165, 1.54) is 38.5 Å². The number of nitrogens with zero attached hydrogens (tertiary/aromatic N) is 2. The second-order valence-electron chi connectivity index (χ2n) is 6.20. The van der Waals surface area contributed by atoms with Crippen molar-refractivity contribution in [1.29, 1.82) is 0 Å². The monoisotopic (exact) mass is 282 g/mol. The van der Waals surface area contributed by atoms with Gasteiger partial charge in [-0.25, -0.2) is 0 Å².